The van der Waals surface area contributed by atoms with Crippen LogP contribution in [0.5, 0.6) is 0 Å². The highest BCUT2D eigenvalue weighted by Crippen LogP contribution is 2.33. The molecule has 0 fully saturated rings. The van der Waals surface area contributed by atoms with Gasteiger partial charge in [-0.15, -0.1) is 10.2 Å². The molecule has 0 aliphatic rings. The zero-order chi connectivity index (χ0) is 11.7. The van der Waals surface area contributed by atoms with Gasteiger partial charge in [-0.05, 0) is 18.2 Å². The molecule has 0 atom stereocenters. The Morgan fingerprint density at radius 1 is 1.24 bits per heavy atom. The van der Waals surface area contributed by atoms with Gasteiger partial charge in [0.2, 0.25) is 0 Å². The third-order valence-electron chi connectivity index (χ3n) is 2.20. The first kappa shape index (κ1) is 11.0. The molecule has 6 heteroatoms. The summed E-state index contributed by atoms with van der Waals surface area (Å²) in [4.78, 5) is 5.42. The Morgan fingerprint density at radius 2 is 2.18 bits per heavy atom. The van der Waals surface area contributed by atoms with Crippen molar-refractivity contribution >= 4 is 45.6 Å². The summed E-state index contributed by atoms with van der Waals surface area (Å²) >= 11 is 9.06. The lowest BCUT2D eigenvalue weighted by Crippen LogP contribution is -1.82. The average Bonchev–Trinajstić information content (AvgIpc) is 2.82. The minimum atomic E-state index is 0.697. The lowest BCUT2D eigenvalue weighted by atomic mass is 10.2. The molecule has 3 aromatic rings. The summed E-state index contributed by atoms with van der Waals surface area (Å²) in [6.45, 7) is 0. The molecule has 0 saturated carbocycles. The summed E-state index contributed by atoms with van der Waals surface area (Å²) in [5, 5.41) is 9.62. The number of halogens is 1. The van der Waals surface area contributed by atoms with Crippen LogP contribution >= 0.6 is 34.7 Å². The minimum absolute atomic E-state index is 0.697. The lowest BCUT2D eigenvalue weighted by molar-refractivity contribution is 1.01. The summed E-state index contributed by atoms with van der Waals surface area (Å²) in [7, 11) is 0. The van der Waals surface area contributed by atoms with E-state index < -0.39 is 0 Å². The molecule has 3 rings (SSSR count). The number of hydrogen-bond acceptors (Lipinski definition) is 5. The van der Waals surface area contributed by atoms with Crippen LogP contribution < -0.4 is 0 Å². The molecule has 1 aromatic carbocycles. The highest BCUT2D eigenvalue weighted by atomic mass is 35.5. The third-order valence-corrected chi connectivity index (χ3v) is 4.29. The number of aromatic nitrogens is 3. The van der Waals surface area contributed by atoms with Crippen LogP contribution in [0, 0.1) is 0 Å². The molecule has 0 bridgehead atoms. The Balaban J connectivity index is 2.10. The number of rotatable bonds is 2. The molecule has 0 N–H and O–H groups in total. The van der Waals surface area contributed by atoms with Gasteiger partial charge < -0.3 is 0 Å². The summed E-state index contributed by atoms with van der Waals surface area (Å²) in [5.41, 5.74) is 2.62. The predicted octanol–water partition coefficient (Wildman–Crippen LogP) is 3.89. The van der Waals surface area contributed by atoms with Crippen molar-refractivity contribution in [2.45, 2.75) is 9.24 Å². The lowest BCUT2D eigenvalue weighted by Gasteiger charge is -2.03. The molecule has 0 radical (unpaired) electrons. The molecular formula is C11H6ClN3S2. The first-order chi connectivity index (χ1) is 8.33. The fourth-order valence-electron chi connectivity index (χ4n) is 1.49. The Morgan fingerprint density at radius 3 is 3.00 bits per heavy atom. The minimum Gasteiger partial charge on any atom is -0.256 e. The number of fused-ring (bicyclic) bond motifs is 1. The van der Waals surface area contributed by atoms with Gasteiger partial charge in [-0.2, -0.15) is 0 Å². The van der Waals surface area contributed by atoms with Crippen molar-refractivity contribution in [2.24, 2.45) is 0 Å². The molecule has 0 amide bonds. The Bertz CT molecular complexity index is 655. The fourth-order valence-corrected chi connectivity index (χ4v) is 3.21. The van der Waals surface area contributed by atoms with Crippen LogP contribution in [0.3, 0.4) is 0 Å². The van der Waals surface area contributed by atoms with E-state index in [1.807, 2.05) is 24.3 Å². The van der Waals surface area contributed by atoms with Gasteiger partial charge >= 0.3 is 0 Å². The summed E-state index contributed by atoms with van der Waals surface area (Å²) in [6.07, 6.45) is 1.78. The quantitative estimate of drug-likeness (QED) is 0.713. The van der Waals surface area contributed by atoms with Crippen LogP contribution in [-0.4, -0.2) is 15.2 Å². The van der Waals surface area contributed by atoms with E-state index in [1.165, 1.54) is 11.3 Å². The van der Waals surface area contributed by atoms with Gasteiger partial charge in [0.15, 0.2) is 4.34 Å². The predicted molar refractivity (Wildman–Crippen MR) is 70.8 cm³/mol. The van der Waals surface area contributed by atoms with E-state index >= 15 is 0 Å². The van der Waals surface area contributed by atoms with Crippen LogP contribution in [0.2, 0.25) is 5.02 Å². The highest BCUT2D eigenvalue weighted by molar-refractivity contribution is 8.01. The van der Waals surface area contributed by atoms with Crippen LogP contribution in [-0.2, 0) is 0 Å². The second-order valence-corrected chi connectivity index (χ2v) is 5.84. The smallest absolute Gasteiger partial charge is 0.178 e. The van der Waals surface area contributed by atoms with Crippen molar-refractivity contribution in [1.82, 2.24) is 15.2 Å². The zero-order valence-corrected chi connectivity index (χ0v) is 10.9. The molecular weight excluding hydrogens is 274 g/mol. The van der Waals surface area contributed by atoms with E-state index in [9.17, 15) is 0 Å². The van der Waals surface area contributed by atoms with Crippen molar-refractivity contribution in [1.29, 1.82) is 0 Å². The van der Waals surface area contributed by atoms with Gasteiger partial charge in [-0.1, -0.05) is 40.8 Å². The summed E-state index contributed by atoms with van der Waals surface area (Å²) in [6, 6.07) is 7.69. The zero-order valence-electron chi connectivity index (χ0n) is 8.50. The van der Waals surface area contributed by atoms with Gasteiger partial charge in [-0.25, -0.2) is 0 Å². The maximum atomic E-state index is 5.95. The van der Waals surface area contributed by atoms with Crippen LogP contribution in [0.4, 0.5) is 0 Å². The fraction of sp³-hybridized carbons (Fsp3) is 0. The van der Waals surface area contributed by atoms with Gasteiger partial charge in [-0.3, -0.25) is 4.98 Å². The molecule has 0 unspecified atom stereocenters. The maximum absolute atomic E-state index is 5.95. The largest absolute Gasteiger partial charge is 0.256 e. The maximum Gasteiger partial charge on any atom is 0.178 e. The number of nitrogens with zero attached hydrogens (tertiary/aromatic N) is 3. The normalized spacial score (nSPS) is 10.9. The number of pyridine rings is 1. The Hall–Kier alpha value is -1.17. The molecule has 17 heavy (non-hydrogen) atoms. The van der Waals surface area contributed by atoms with E-state index in [0.29, 0.717) is 5.02 Å². The van der Waals surface area contributed by atoms with E-state index in [0.717, 1.165) is 20.1 Å². The standard InChI is InChI=1S/C11H6ClN3S2/c12-7-1-2-8-9(5-7)13-4-3-10(8)17-11-15-14-6-16-11/h1-6H. The first-order valence-corrected chi connectivity index (χ1v) is 6.88. The molecule has 84 valence electrons. The molecule has 2 heterocycles. The Kier molecular flexibility index (Phi) is 2.96. The van der Waals surface area contributed by atoms with Crippen LogP contribution in [0.1, 0.15) is 0 Å². The summed E-state index contributed by atoms with van der Waals surface area (Å²) < 4.78 is 0.924. The number of hydrogen-bond donors (Lipinski definition) is 0. The topological polar surface area (TPSA) is 38.7 Å². The van der Waals surface area contributed by atoms with E-state index in [-0.39, 0.29) is 0 Å². The molecule has 0 aliphatic heterocycles. The van der Waals surface area contributed by atoms with Crippen molar-refractivity contribution < 1.29 is 0 Å². The van der Waals surface area contributed by atoms with Crippen molar-refractivity contribution in [3.63, 3.8) is 0 Å². The highest BCUT2D eigenvalue weighted by Gasteiger charge is 2.06. The molecule has 0 saturated heterocycles. The summed E-state index contributed by atoms with van der Waals surface area (Å²) in [5.74, 6) is 0. The van der Waals surface area contributed by atoms with Gasteiger partial charge in [0.1, 0.15) is 5.51 Å². The van der Waals surface area contributed by atoms with Gasteiger partial charge in [0, 0.05) is 21.5 Å². The molecule has 3 nitrogen and oxygen atoms in total. The third kappa shape index (κ3) is 2.26. The monoisotopic (exact) mass is 279 g/mol. The average molecular weight is 280 g/mol. The van der Waals surface area contributed by atoms with Gasteiger partial charge in [0.25, 0.3) is 0 Å². The molecule has 0 spiro atoms. The second-order valence-electron chi connectivity index (χ2n) is 3.28. The second kappa shape index (κ2) is 4.60. The SMILES string of the molecule is Clc1ccc2c(Sc3nncs3)ccnc2c1. The Labute approximate surface area is 111 Å². The van der Waals surface area contributed by atoms with Crippen LogP contribution in [0.15, 0.2) is 45.2 Å². The van der Waals surface area contributed by atoms with Gasteiger partial charge in [0.05, 0.1) is 5.52 Å². The van der Waals surface area contributed by atoms with Crippen LogP contribution in [0.25, 0.3) is 10.9 Å². The molecule has 2 aromatic heterocycles. The van der Waals surface area contributed by atoms with Crippen molar-refractivity contribution in [3.05, 3.63) is 41.0 Å². The van der Waals surface area contributed by atoms with Crippen molar-refractivity contribution in [3.8, 4) is 0 Å². The first-order valence-electron chi connectivity index (χ1n) is 4.81. The number of benzene rings is 1. The van der Waals surface area contributed by atoms with Crippen molar-refractivity contribution in [2.75, 3.05) is 0 Å². The van der Waals surface area contributed by atoms with E-state index in [4.69, 9.17) is 11.6 Å². The molecule has 0 aliphatic carbocycles. The van der Waals surface area contributed by atoms with E-state index in [2.05, 4.69) is 15.2 Å². The van der Waals surface area contributed by atoms with E-state index in [1.54, 1.807) is 23.5 Å².